The van der Waals surface area contributed by atoms with Gasteiger partial charge in [0.1, 0.15) is 0 Å². The third-order valence-corrected chi connectivity index (χ3v) is 9.41. The first kappa shape index (κ1) is 34.7. The summed E-state index contributed by atoms with van der Waals surface area (Å²) >= 11 is 0. The van der Waals surface area contributed by atoms with Crippen molar-refractivity contribution in [3.8, 4) is 0 Å². The topological polar surface area (TPSA) is 108 Å². The molecule has 2 atom stereocenters. The van der Waals surface area contributed by atoms with E-state index in [1.807, 2.05) is 14.0 Å². The van der Waals surface area contributed by atoms with Crippen molar-refractivity contribution in [2.75, 3.05) is 19.4 Å². The number of halogens is 3. The molecule has 1 aliphatic rings. The van der Waals surface area contributed by atoms with Crippen LogP contribution in [-0.4, -0.2) is 50.0 Å². The third kappa shape index (κ3) is 9.24. The molecule has 0 aliphatic heterocycles. The number of amides is 1. The molecule has 11 heteroatoms. The standard InChI is InChI=1S/C23H33N3O4S.C7H11F3/c1-7-31(29,30)19-10-8-18(9-11-19)23(5,14-27)26-22(28)17-12-16(4)21(25-13-17)20(24-6)15(2)3;8-7(9,10)6-4-2-1-3-5-6/h8-13,15,20,24,27H,7,14H2,1-6H3,(H,26,28);6H,1-5H2. The number of aliphatic hydroxyl groups excluding tert-OH is 1. The molecule has 2 unspecified atom stereocenters. The van der Waals surface area contributed by atoms with Gasteiger partial charge in [-0.05, 0) is 69.0 Å². The van der Waals surface area contributed by atoms with Crippen molar-refractivity contribution in [1.29, 1.82) is 0 Å². The maximum atomic E-state index is 12.9. The van der Waals surface area contributed by atoms with Gasteiger partial charge in [0.25, 0.3) is 5.91 Å². The van der Waals surface area contributed by atoms with Crippen LogP contribution in [0.25, 0.3) is 0 Å². The van der Waals surface area contributed by atoms with Crippen LogP contribution in [0, 0.1) is 18.8 Å². The van der Waals surface area contributed by atoms with E-state index < -0.39 is 27.5 Å². The molecular weight excluding hydrogens is 555 g/mol. The van der Waals surface area contributed by atoms with E-state index in [0.29, 0.717) is 29.9 Å². The van der Waals surface area contributed by atoms with Gasteiger partial charge in [-0.2, -0.15) is 13.2 Å². The quantitative estimate of drug-likeness (QED) is 0.333. The van der Waals surface area contributed by atoms with Crippen LogP contribution in [0.3, 0.4) is 0 Å². The zero-order chi connectivity index (χ0) is 31.0. The Morgan fingerprint density at radius 2 is 1.71 bits per heavy atom. The van der Waals surface area contributed by atoms with Gasteiger partial charge < -0.3 is 15.7 Å². The summed E-state index contributed by atoms with van der Waals surface area (Å²) in [7, 11) is -1.44. The van der Waals surface area contributed by atoms with E-state index in [-0.39, 0.29) is 29.2 Å². The van der Waals surface area contributed by atoms with Gasteiger partial charge in [0.05, 0.1) is 46.0 Å². The van der Waals surface area contributed by atoms with Gasteiger partial charge in [-0.1, -0.05) is 52.2 Å². The number of benzene rings is 1. The molecular formula is C30H44F3N3O4S. The average molecular weight is 600 g/mol. The molecule has 0 radical (unpaired) electrons. The molecule has 1 heterocycles. The first-order chi connectivity index (χ1) is 19.1. The molecule has 3 rings (SSSR count). The minimum Gasteiger partial charge on any atom is -0.394 e. The number of nitrogens with one attached hydrogen (secondary N) is 2. The Morgan fingerprint density at radius 3 is 2.12 bits per heavy atom. The number of sulfone groups is 1. The number of pyridine rings is 1. The second-order valence-corrected chi connectivity index (χ2v) is 13.5. The summed E-state index contributed by atoms with van der Waals surface area (Å²) in [5.41, 5.74) is 1.72. The van der Waals surface area contributed by atoms with Crippen molar-refractivity contribution < 1.29 is 31.5 Å². The van der Waals surface area contributed by atoms with Crippen LogP contribution >= 0.6 is 0 Å². The van der Waals surface area contributed by atoms with Crippen molar-refractivity contribution in [3.63, 3.8) is 0 Å². The Balaban J connectivity index is 0.000000493. The smallest absolute Gasteiger partial charge is 0.391 e. The molecule has 0 saturated heterocycles. The van der Waals surface area contributed by atoms with E-state index in [2.05, 4.69) is 29.5 Å². The molecule has 1 aromatic carbocycles. The van der Waals surface area contributed by atoms with Gasteiger partial charge in [0, 0.05) is 6.20 Å². The van der Waals surface area contributed by atoms with Gasteiger partial charge in [0.15, 0.2) is 9.84 Å². The van der Waals surface area contributed by atoms with Gasteiger partial charge in [-0.3, -0.25) is 9.78 Å². The highest BCUT2D eigenvalue weighted by Crippen LogP contribution is 2.37. The fourth-order valence-corrected chi connectivity index (χ4v) is 5.86. The Bertz CT molecular complexity index is 1240. The van der Waals surface area contributed by atoms with E-state index in [9.17, 15) is 31.5 Å². The predicted molar refractivity (Wildman–Crippen MR) is 154 cm³/mol. The highest BCUT2D eigenvalue weighted by atomic mass is 32.2. The number of aromatic nitrogens is 1. The normalized spacial score (nSPS) is 16.9. The number of aryl methyl sites for hydroxylation is 1. The van der Waals surface area contributed by atoms with Gasteiger partial charge >= 0.3 is 6.18 Å². The Kier molecular flexibility index (Phi) is 12.4. The van der Waals surface area contributed by atoms with Gasteiger partial charge in [0.2, 0.25) is 0 Å². The lowest BCUT2D eigenvalue weighted by molar-refractivity contribution is -0.181. The summed E-state index contributed by atoms with van der Waals surface area (Å²) < 4.78 is 59.9. The van der Waals surface area contributed by atoms with Crippen LogP contribution in [0.1, 0.15) is 93.0 Å². The minimum absolute atomic E-state index is 0.00785. The van der Waals surface area contributed by atoms with Crippen LogP contribution in [0.5, 0.6) is 0 Å². The zero-order valence-electron chi connectivity index (χ0n) is 24.8. The minimum atomic E-state index is -3.93. The lowest BCUT2D eigenvalue weighted by Crippen LogP contribution is -2.46. The summed E-state index contributed by atoms with van der Waals surface area (Å²) in [6.45, 7) is 9.06. The Labute approximate surface area is 242 Å². The van der Waals surface area contributed by atoms with Crippen LogP contribution in [0.2, 0.25) is 0 Å². The summed E-state index contributed by atoms with van der Waals surface area (Å²) in [6, 6.07) is 8.10. The second kappa shape index (κ2) is 14.6. The fourth-order valence-electron chi connectivity index (χ4n) is 4.97. The number of hydrogen-bond acceptors (Lipinski definition) is 6. The lowest BCUT2D eigenvalue weighted by Gasteiger charge is -2.30. The predicted octanol–water partition coefficient (Wildman–Crippen LogP) is 5.87. The first-order valence-corrected chi connectivity index (χ1v) is 15.7. The molecule has 0 spiro atoms. The lowest BCUT2D eigenvalue weighted by atomic mass is 9.89. The van der Waals surface area contributed by atoms with Gasteiger partial charge in [-0.15, -0.1) is 0 Å². The van der Waals surface area contributed by atoms with Crippen LogP contribution in [0.4, 0.5) is 13.2 Å². The van der Waals surface area contributed by atoms with Gasteiger partial charge in [-0.25, -0.2) is 8.42 Å². The highest BCUT2D eigenvalue weighted by molar-refractivity contribution is 7.91. The molecule has 1 fully saturated rings. The molecule has 1 aliphatic carbocycles. The Hall–Kier alpha value is -2.50. The number of rotatable bonds is 9. The fraction of sp³-hybridized carbons (Fsp3) is 0.600. The second-order valence-electron chi connectivity index (χ2n) is 11.2. The SMILES string of the molecule is CCS(=O)(=O)c1ccc(C(C)(CO)NC(=O)c2cnc(C(NC)C(C)C)c(C)c2)cc1.FC(F)(F)C1CCCCC1. The Morgan fingerprint density at radius 1 is 1.12 bits per heavy atom. The van der Waals surface area contributed by atoms with Crippen molar-refractivity contribution in [3.05, 3.63) is 58.9 Å². The number of alkyl halides is 3. The molecule has 230 valence electrons. The van der Waals surface area contributed by atoms with Crippen molar-refractivity contribution in [1.82, 2.24) is 15.6 Å². The summed E-state index contributed by atoms with van der Waals surface area (Å²) in [6.07, 6.45) is 0.799. The summed E-state index contributed by atoms with van der Waals surface area (Å²) in [4.78, 5) is 17.7. The number of hydrogen-bond donors (Lipinski definition) is 3. The van der Waals surface area contributed by atoms with Crippen LogP contribution < -0.4 is 10.6 Å². The van der Waals surface area contributed by atoms with E-state index >= 15 is 0 Å². The first-order valence-electron chi connectivity index (χ1n) is 14.1. The molecule has 2 aromatic rings. The van der Waals surface area contributed by atoms with E-state index in [1.54, 1.807) is 38.2 Å². The van der Waals surface area contributed by atoms with E-state index in [4.69, 9.17) is 0 Å². The summed E-state index contributed by atoms with van der Waals surface area (Å²) in [5, 5.41) is 16.1. The molecule has 1 amide bonds. The monoisotopic (exact) mass is 599 g/mol. The molecule has 7 nitrogen and oxygen atoms in total. The third-order valence-electron chi connectivity index (χ3n) is 7.66. The molecule has 1 aromatic heterocycles. The molecule has 0 bridgehead atoms. The molecule has 1 saturated carbocycles. The zero-order valence-corrected chi connectivity index (χ0v) is 25.6. The number of aliphatic hydroxyl groups is 1. The van der Waals surface area contributed by atoms with E-state index in [1.165, 1.54) is 12.1 Å². The van der Waals surface area contributed by atoms with Crippen LogP contribution in [-0.2, 0) is 15.4 Å². The highest BCUT2D eigenvalue weighted by Gasteiger charge is 2.39. The number of nitrogens with zero attached hydrogens (tertiary/aromatic N) is 1. The van der Waals surface area contributed by atoms with E-state index in [0.717, 1.165) is 30.5 Å². The maximum absolute atomic E-state index is 12.9. The van der Waals surface area contributed by atoms with Crippen molar-refractivity contribution in [2.45, 2.75) is 89.4 Å². The largest absolute Gasteiger partial charge is 0.394 e. The number of carbonyl (C=O) groups is 1. The van der Waals surface area contributed by atoms with Crippen molar-refractivity contribution >= 4 is 15.7 Å². The summed E-state index contributed by atoms with van der Waals surface area (Å²) in [5.74, 6) is -1.02. The number of carbonyl (C=O) groups excluding carboxylic acids is 1. The molecule has 41 heavy (non-hydrogen) atoms. The van der Waals surface area contributed by atoms with Crippen molar-refractivity contribution in [2.24, 2.45) is 11.8 Å². The maximum Gasteiger partial charge on any atom is 0.391 e. The average Bonchev–Trinajstić information content (AvgIpc) is 2.94. The molecule has 3 N–H and O–H groups in total. The van der Waals surface area contributed by atoms with Crippen LogP contribution in [0.15, 0.2) is 41.4 Å².